The lowest BCUT2D eigenvalue weighted by Gasteiger charge is -2.22. The van der Waals surface area contributed by atoms with Gasteiger partial charge < -0.3 is 15.0 Å². The lowest BCUT2D eigenvalue weighted by atomic mass is 10.0. The van der Waals surface area contributed by atoms with E-state index in [0.717, 1.165) is 40.3 Å². The Morgan fingerprint density at radius 1 is 1.42 bits per heavy atom. The van der Waals surface area contributed by atoms with Gasteiger partial charge in [-0.25, -0.2) is 14.2 Å². The summed E-state index contributed by atoms with van der Waals surface area (Å²) >= 11 is 2.94. The number of rotatable bonds is 4. The maximum Gasteiger partial charge on any atom is 0.341 e. The van der Waals surface area contributed by atoms with Gasteiger partial charge in [0.1, 0.15) is 10.8 Å². The molecule has 0 unspecified atom stereocenters. The van der Waals surface area contributed by atoms with Gasteiger partial charge in [-0.2, -0.15) is 0 Å². The van der Waals surface area contributed by atoms with Crippen LogP contribution in [0.3, 0.4) is 0 Å². The Morgan fingerprint density at radius 3 is 3.08 bits per heavy atom. The molecule has 5 nitrogen and oxygen atoms in total. The number of aromatic nitrogens is 1. The second-order valence-electron chi connectivity index (χ2n) is 6.17. The molecule has 1 aliphatic heterocycles. The summed E-state index contributed by atoms with van der Waals surface area (Å²) in [4.78, 5) is 20.5. The molecule has 0 atom stereocenters. The van der Waals surface area contributed by atoms with Gasteiger partial charge >= 0.3 is 5.97 Å². The molecular formula is C18H18FN3O2S2. The topological polar surface area (TPSA) is 54.5 Å². The number of benzene rings is 1. The highest BCUT2D eigenvalue weighted by molar-refractivity contribution is 7.23. The number of halogens is 1. The molecule has 8 heteroatoms. The molecule has 2 aromatic heterocycles. The van der Waals surface area contributed by atoms with Crippen LogP contribution in [0.5, 0.6) is 0 Å². The van der Waals surface area contributed by atoms with E-state index < -0.39 is 0 Å². The first kappa shape index (κ1) is 17.4. The van der Waals surface area contributed by atoms with Crippen LogP contribution in [-0.2, 0) is 17.7 Å². The number of fused-ring (bicyclic) bond motifs is 2. The number of esters is 1. The van der Waals surface area contributed by atoms with Crippen LogP contribution < -0.4 is 5.32 Å². The summed E-state index contributed by atoms with van der Waals surface area (Å²) in [5.41, 5.74) is 2.42. The number of carbonyl (C=O) groups excluding carboxylic acids is 1. The fourth-order valence-corrected chi connectivity index (χ4v) is 5.36. The second-order valence-corrected chi connectivity index (χ2v) is 8.31. The number of thiazole rings is 1. The normalized spacial score (nSPS) is 14.4. The average Bonchev–Trinajstić information content (AvgIpc) is 3.14. The number of hydrogen-bond acceptors (Lipinski definition) is 7. The quantitative estimate of drug-likeness (QED) is 0.668. The number of anilines is 2. The molecule has 4 rings (SSSR count). The van der Waals surface area contributed by atoms with E-state index in [1.165, 1.54) is 28.3 Å². The number of nitrogens with zero attached hydrogens (tertiary/aromatic N) is 2. The number of likely N-dealkylation sites (N-methyl/N-ethyl adjacent to an activating group) is 1. The number of nitrogens with one attached hydrogen (secondary N) is 1. The van der Waals surface area contributed by atoms with E-state index in [1.54, 1.807) is 24.3 Å². The molecule has 0 saturated heterocycles. The van der Waals surface area contributed by atoms with Crippen LogP contribution in [0.1, 0.15) is 27.7 Å². The average molecular weight is 391 g/mol. The lowest BCUT2D eigenvalue weighted by Crippen LogP contribution is -2.26. The first-order valence-electron chi connectivity index (χ1n) is 8.38. The van der Waals surface area contributed by atoms with Crippen LogP contribution in [-0.4, -0.2) is 36.1 Å². The van der Waals surface area contributed by atoms with E-state index in [2.05, 4.69) is 22.2 Å². The molecule has 0 fully saturated rings. The third-order valence-electron chi connectivity index (χ3n) is 4.30. The maximum absolute atomic E-state index is 13.4. The van der Waals surface area contributed by atoms with Crippen LogP contribution in [0, 0.1) is 5.82 Å². The van der Waals surface area contributed by atoms with E-state index in [-0.39, 0.29) is 11.8 Å². The molecule has 0 radical (unpaired) electrons. The summed E-state index contributed by atoms with van der Waals surface area (Å²) in [6.07, 6.45) is 0.823. The van der Waals surface area contributed by atoms with Crippen molar-refractivity contribution >= 4 is 49.0 Å². The van der Waals surface area contributed by atoms with Crippen LogP contribution in [0.25, 0.3) is 10.2 Å². The third kappa shape index (κ3) is 3.20. The van der Waals surface area contributed by atoms with Gasteiger partial charge in [0.15, 0.2) is 5.13 Å². The van der Waals surface area contributed by atoms with Gasteiger partial charge in [-0.05, 0) is 44.2 Å². The minimum Gasteiger partial charge on any atom is -0.462 e. The van der Waals surface area contributed by atoms with Gasteiger partial charge in [-0.15, -0.1) is 11.3 Å². The molecule has 3 aromatic rings. The Labute approximate surface area is 158 Å². The summed E-state index contributed by atoms with van der Waals surface area (Å²) in [6, 6.07) is 4.53. The van der Waals surface area contributed by atoms with E-state index in [1.807, 2.05) is 0 Å². The summed E-state index contributed by atoms with van der Waals surface area (Å²) in [5.74, 6) is -0.584. The SMILES string of the molecule is CCOC(=O)c1c(Nc2nc3ccc(F)cc3s2)sc2c1CCN(C)C2. The number of thiophene rings is 1. The highest BCUT2D eigenvalue weighted by atomic mass is 32.1. The molecular weight excluding hydrogens is 373 g/mol. The van der Waals surface area contributed by atoms with Crippen molar-refractivity contribution in [3.63, 3.8) is 0 Å². The van der Waals surface area contributed by atoms with Crippen molar-refractivity contribution in [3.8, 4) is 0 Å². The van der Waals surface area contributed by atoms with E-state index in [4.69, 9.17) is 4.74 Å². The molecule has 0 amide bonds. The van der Waals surface area contributed by atoms with Gasteiger partial charge in [0.2, 0.25) is 0 Å². The molecule has 0 aliphatic carbocycles. The maximum atomic E-state index is 13.4. The van der Waals surface area contributed by atoms with E-state index in [9.17, 15) is 9.18 Å². The van der Waals surface area contributed by atoms with Gasteiger partial charge in [0.05, 0.1) is 22.4 Å². The Balaban J connectivity index is 1.73. The zero-order chi connectivity index (χ0) is 18.3. The lowest BCUT2D eigenvalue weighted by molar-refractivity contribution is 0.0526. The number of hydrogen-bond donors (Lipinski definition) is 1. The van der Waals surface area contributed by atoms with Gasteiger partial charge in [0, 0.05) is 18.0 Å². The predicted octanol–water partition coefficient (Wildman–Crippen LogP) is 4.41. The van der Waals surface area contributed by atoms with Gasteiger partial charge in [-0.3, -0.25) is 0 Å². The molecule has 136 valence electrons. The van der Waals surface area contributed by atoms with Gasteiger partial charge in [-0.1, -0.05) is 11.3 Å². The summed E-state index contributed by atoms with van der Waals surface area (Å²) in [6.45, 7) is 3.87. The molecule has 1 aliphatic rings. The van der Waals surface area contributed by atoms with Crippen molar-refractivity contribution in [2.75, 3.05) is 25.5 Å². The Bertz CT molecular complexity index is 982. The van der Waals surface area contributed by atoms with Crippen molar-refractivity contribution in [2.24, 2.45) is 0 Å². The molecule has 1 N–H and O–H groups in total. The fourth-order valence-electron chi connectivity index (χ4n) is 3.09. The molecule has 0 spiro atoms. The summed E-state index contributed by atoms with van der Waals surface area (Å²) in [7, 11) is 2.07. The largest absolute Gasteiger partial charge is 0.462 e. The van der Waals surface area contributed by atoms with Crippen molar-refractivity contribution in [3.05, 3.63) is 40.0 Å². The molecule has 3 heterocycles. The van der Waals surface area contributed by atoms with Crippen LogP contribution in [0.2, 0.25) is 0 Å². The standard InChI is InChI=1S/C18H18FN3O2S2/c1-3-24-17(23)15-11-6-7-22(2)9-14(11)25-16(15)21-18-20-12-5-4-10(19)8-13(12)26-18/h4-5,8H,3,6-7,9H2,1-2H3,(H,20,21). The Hall–Kier alpha value is -2.03. The Kier molecular flexibility index (Phi) is 4.64. The summed E-state index contributed by atoms with van der Waals surface area (Å²) < 4.78 is 19.5. The third-order valence-corrected chi connectivity index (χ3v) is 6.36. The Morgan fingerprint density at radius 2 is 2.27 bits per heavy atom. The predicted molar refractivity (Wildman–Crippen MR) is 103 cm³/mol. The number of ether oxygens (including phenoxy) is 1. The monoisotopic (exact) mass is 391 g/mol. The smallest absolute Gasteiger partial charge is 0.341 e. The minimum absolute atomic E-state index is 0.283. The van der Waals surface area contributed by atoms with Crippen molar-refractivity contribution < 1.29 is 13.9 Å². The van der Waals surface area contributed by atoms with E-state index in [0.29, 0.717) is 17.3 Å². The minimum atomic E-state index is -0.302. The fraction of sp³-hybridized carbons (Fsp3) is 0.333. The number of carbonyl (C=O) groups is 1. The first-order chi connectivity index (χ1) is 12.5. The first-order valence-corrected chi connectivity index (χ1v) is 10.0. The van der Waals surface area contributed by atoms with Gasteiger partial charge in [0.25, 0.3) is 0 Å². The molecule has 0 bridgehead atoms. The molecule has 26 heavy (non-hydrogen) atoms. The highest BCUT2D eigenvalue weighted by Crippen LogP contribution is 2.40. The molecule has 1 aromatic carbocycles. The highest BCUT2D eigenvalue weighted by Gasteiger charge is 2.28. The summed E-state index contributed by atoms with van der Waals surface area (Å²) in [5, 5.41) is 4.67. The zero-order valence-electron chi connectivity index (χ0n) is 14.5. The van der Waals surface area contributed by atoms with Crippen molar-refractivity contribution in [2.45, 2.75) is 19.9 Å². The second kappa shape index (κ2) is 6.94. The van der Waals surface area contributed by atoms with Crippen molar-refractivity contribution in [1.82, 2.24) is 9.88 Å². The van der Waals surface area contributed by atoms with Crippen molar-refractivity contribution in [1.29, 1.82) is 0 Å². The van der Waals surface area contributed by atoms with Crippen LogP contribution in [0.4, 0.5) is 14.5 Å². The van der Waals surface area contributed by atoms with E-state index >= 15 is 0 Å². The zero-order valence-corrected chi connectivity index (χ0v) is 16.1. The van der Waals surface area contributed by atoms with Crippen LogP contribution in [0.15, 0.2) is 18.2 Å². The molecule has 0 saturated carbocycles. The van der Waals surface area contributed by atoms with Crippen LogP contribution >= 0.6 is 22.7 Å².